The highest BCUT2D eigenvalue weighted by atomic mass is 32.3. The Morgan fingerprint density at radius 3 is 2.14 bits per heavy atom. The first-order valence-electron chi connectivity index (χ1n) is 5.31. The number of nitrogens with two attached hydrogens (primary N) is 3. The first-order chi connectivity index (χ1) is 9.66. The molecule has 116 valence electrons. The predicted molar refractivity (Wildman–Crippen MR) is 81.1 cm³/mol. The van der Waals surface area contributed by atoms with Crippen LogP contribution >= 0.6 is 11.3 Å². The van der Waals surface area contributed by atoms with Gasteiger partial charge in [0.15, 0.2) is 11.6 Å². The van der Waals surface area contributed by atoms with Gasteiger partial charge in [0.25, 0.3) is 0 Å². The zero-order valence-electron chi connectivity index (χ0n) is 10.6. The molecule has 0 saturated carbocycles. The molecule has 0 aliphatic rings. The Labute approximate surface area is 124 Å². The Morgan fingerprint density at radius 2 is 1.71 bits per heavy atom. The Balaban J connectivity index is 0.000000383. The van der Waals surface area contributed by atoms with Crippen LogP contribution in [0.1, 0.15) is 4.88 Å². The van der Waals surface area contributed by atoms with Crippen LogP contribution in [0.5, 0.6) is 0 Å². The number of hydrogen-bond donors (Lipinski definition) is 6. The van der Waals surface area contributed by atoms with Crippen LogP contribution in [0.15, 0.2) is 17.5 Å². The maximum absolute atomic E-state index is 8.74. The highest BCUT2D eigenvalue weighted by Crippen LogP contribution is 2.20. The molecule has 0 aliphatic carbocycles. The number of nitrogens with zero attached hydrogens (tertiary/aromatic N) is 2. The van der Waals surface area contributed by atoms with Crippen molar-refractivity contribution in [3.8, 4) is 0 Å². The maximum atomic E-state index is 8.74. The van der Waals surface area contributed by atoms with E-state index < -0.39 is 10.4 Å². The van der Waals surface area contributed by atoms with Gasteiger partial charge in [0.2, 0.25) is 5.95 Å². The molecule has 0 unspecified atom stereocenters. The van der Waals surface area contributed by atoms with Gasteiger partial charge in [-0.1, -0.05) is 6.07 Å². The molecule has 0 atom stereocenters. The van der Waals surface area contributed by atoms with Gasteiger partial charge in [0.05, 0.1) is 6.54 Å². The van der Waals surface area contributed by atoms with Crippen molar-refractivity contribution in [2.45, 2.75) is 6.54 Å². The van der Waals surface area contributed by atoms with Crippen molar-refractivity contribution in [1.29, 1.82) is 0 Å². The third-order valence-corrected chi connectivity index (χ3v) is 2.88. The number of hydrogen-bond acceptors (Lipinski definition) is 9. The SMILES string of the molecule is Nc1nc(NCc2cccs2)nc(N)c1N.O=S(=O)(O)O. The van der Waals surface area contributed by atoms with Crippen molar-refractivity contribution in [1.82, 2.24) is 9.97 Å². The number of aromatic nitrogens is 2. The number of nitrogens with one attached hydrogen (secondary N) is 1. The molecule has 0 fully saturated rings. The first-order valence-corrected chi connectivity index (χ1v) is 7.59. The minimum atomic E-state index is -4.67. The second kappa shape index (κ2) is 7.03. The molecule has 0 spiro atoms. The Morgan fingerprint density at radius 1 is 1.19 bits per heavy atom. The summed E-state index contributed by atoms with van der Waals surface area (Å²) in [6, 6.07) is 4.00. The van der Waals surface area contributed by atoms with Gasteiger partial charge >= 0.3 is 10.4 Å². The minimum absolute atomic E-state index is 0.196. The number of rotatable bonds is 3. The Bertz CT molecular complexity index is 657. The lowest BCUT2D eigenvalue weighted by atomic mass is 10.4. The molecule has 0 amide bonds. The summed E-state index contributed by atoms with van der Waals surface area (Å²) in [4.78, 5) is 9.15. The lowest BCUT2D eigenvalue weighted by Gasteiger charge is -2.07. The molecule has 0 bridgehead atoms. The van der Waals surface area contributed by atoms with Gasteiger partial charge < -0.3 is 22.5 Å². The summed E-state index contributed by atoms with van der Waals surface area (Å²) in [6.07, 6.45) is 0. The van der Waals surface area contributed by atoms with E-state index in [9.17, 15) is 0 Å². The molecule has 12 heteroatoms. The van der Waals surface area contributed by atoms with Crippen LogP contribution in [-0.2, 0) is 16.9 Å². The second-order valence-electron chi connectivity index (χ2n) is 3.61. The minimum Gasteiger partial charge on any atom is -0.393 e. The van der Waals surface area contributed by atoms with Crippen LogP contribution in [0.25, 0.3) is 0 Å². The predicted octanol–water partition coefficient (Wildman–Crippen LogP) is 0.244. The van der Waals surface area contributed by atoms with Crippen LogP contribution < -0.4 is 22.5 Å². The van der Waals surface area contributed by atoms with Crippen LogP contribution in [-0.4, -0.2) is 27.5 Å². The number of thiophene rings is 1. The van der Waals surface area contributed by atoms with E-state index in [1.165, 1.54) is 4.88 Å². The van der Waals surface area contributed by atoms with Crippen LogP contribution in [0.3, 0.4) is 0 Å². The summed E-state index contributed by atoms with van der Waals surface area (Å²) < 4.78 is 31.6. The molecule has 0 aromatic carbocycles. The number of nitrogen functional groups attached to an aromatic ring is 3. The standard InChI is InChI=1S/C9H12N6S.H2O4S/c10-6-7(11)14-9(15-8(6)12)13-4-5-2-1-3-16-5;1-5(2,3)4/h1-3H,4,10H2,(H5,11,12,13,14,15);(H2,1,2,3,4). The van der Waals surface area contributed by atoms with E-state index in [0.29, 0.717) is 12.5 Å². The van der Waals surface area contributed by atoms with Gasteiger partial charge in [-0.15, -0.1) is 11.3 Å². The zero-order valence-corrected chi connectivity index (χ0v) is 12.2. The molecule has 10 nitrogen and oxygen atoms in total. The summed E-state index contributed by atoms with van der Waals surface area (Å²) in [7, 11) is -4.67. The fraction of sp³-hybridized carbons (Fsp3) is 0.111. The molecule has 2 aromatic rings. The summed E-state index contributed by atoms with van der Waals surface area (Å²) in [5.41, 5.74) is 16.9. The molecular formula is C9H14N6O4S2. The van der Waals surface area contributed by atoms with Gasteiger partial charge in [-0.25, -0.2) is 0 Å². The van der Waals surface area contributed by atoms with Crippen molar-refractivity contribution in [3.05, 3.63) is 22.4 Å². The fourth-order valence-electron chi connectivity index (χ4n) is 1.16. The summed E-state index contributed by atoms with van der Waals surface area (Å²) in [5.74, 6) is 0.778. The van der Waals surface area contributed by atoms with Crippen molar-refractivity contribution >= 4 is 45.0 Å². The highest BCUT2D eigenvalue weighted by Gasteiger charge is 2.06. The topological polar surface area (TPSA) is 190 Å². The van der Waals surface area contributed by atoms with Crippen LogP contribution in [0.4, 0.5) is 23.3 Å². The summed E-state index contributed by atoms with van der Waals surface area (Å²) in [6.45, 7) is 0.639. The molecule has 2 rings (SSSR count). The van der Waals surface area contributed by atoms with E-state index in [4.69, 9.17) is 34.7 Å². The molecule has 0 aliphatic heterocycles. The Kier molecular flexibility index (Phi) is 5.66. The second-order valence-corrected chi connectivity index (χ2v) is 5.54. The van der Waals surface area contributed by atoms with Gasteiger partial charge in [-0.05, 0) is 11.4 Å². The zero-order chi connectivity index (χ0) is 16.0. The highest BCUT2D eigenvalue weighted by molar-refractivity contribution is 7.79. The molecule has 2 aromatic heterocycles. The third-order valence-electron chi connectivity index (χ3n) is 2.01. The van der Waals surface area contributed by atoms with Crippen LogP contribution in [0, 0.1) is 0 Å². The molecular weight excluding hydrogens is 320 g/mol. The third kappa shape index (κ3) is 6.71. The molecule has 0 saturated heterocycles. The van der Waals surface area contributed by atoms with Gasteiger partial charge in [-0.3, -0.25) is 9.11 Å². The smallest absolute Gasteiger partial charge is 0.393 e. The van der Waals surface area contributed by atoms with E-state index in [-0.39, 0.29) is 17.3 Å². The molecule has 21 heavy (non-hydrogen) atoms. The number of anilines is 4. The van der Waals surface area contributed by atoms with Gasteiger partial charge in [-0.2, -0.15) is 18.4 Å². The largest absolute Gasteiger partial charge is 0.394 e. The van der Waals surface area contributed by atoms with E-state index >= 15 is 0 Å². The van der Waals surface area contributed by atoms with Crippen molar-refractivity contribution in [2.24, 2.45) is 0 Å². The average Bonchev–Trinajstić information content (AvgIpc) is 2.84. The molecule has 9 N–H and O–H groups in total. The Hall–Kier alpha value is -2.15. The summed E-state index contributed by atoms with van der Waals surface area (Å²) >= 11 is 1.65. The van der Waals surface area contributed by atoms with Crippen molar-refractivity contribution < 1.29 is 17.5 Å². The van der Waals surface area contributed by atoms with Crippen molar-refractivity contribution in [2.75, 3.05) is 22.5 Å². The summed E-state index contributed by atoms with van der Waals surface area (Å²) in [5, 5.41) is 5.03. The normalized spacial score (nSPS) is 10.6. The van der Waals surface area contributed by atoms with Gasteiger partial charge in [0.1, 0.15) is 5.69 Å². The lowest BCUT2D eigenvalue weighted by molar-refractivity contribution is 0.381. The fourth-order valence-corrected chi connectivity index (χ4v) is 1.81. The monoisotopic (exact) mass is 334 g/mol. The molecule has 0 radical (unpaired) electrons. The average molecular weight is 334 g/mol. The van der Waals surface area contributed by atoms with Gasteiger partial charge in [0, 0.05) is 4.88 Å². The first kappa shape index (κ1) is 16.9. The molecule has 2 heterocycles. The van der Waals surface area contributed by atoms with E-state index in [1.54, 1.807) is 11.3 Å². The van der Waals surface area contributed by atoms with E-state index in [2.05, 4.69) is 15.3 Å². The lowest BCUT2D eigenvalue weighted by Crippen LogP contribution is -2.09. The quantitative estimate of drug-likeness (QED) is 0.424. The van der Waals surface area contributed by atoms with E-state index in [0.717, 1.165) is 0 Å². The van der Waals surface area contributed by atoms with Crippen LogP contribution in [0.2, 0.25) is 0 Å². The maximum Gasteiger partial charge on any atom is 0.394 e. The van der Waals surface area contributed by atoms with Crippen molar-refractivity contribution in [3.63, 3.8) is 0 Å². The van der Waals surface area contributed by atoms with E-state index in [1.807, 2.05) is 17.5 Å².